The van der Waals surface area contributed by atoms with E-state index in [1.165, 1.54) is 89.0 Å². The van der Waals surface area contributed by atoms with Gasteiger partial charge in [0.2, 0.25) is 5.78 Å². The second kappa shape index (κ2) is 30.0. The fraction of sp³-hybridized carbons (Fsp3) is 0.394. The molecule has 0 N–H and O–H groups in total. The predicted molar refractivity (Wildman–Crippen MR) is 304 cm³/mol. The number of aromatic nitrogens is 1. The van der Waals surface area contributed by atoms with E-state index in [2.05, 4.69) is 60.2 Å². The Kier molecular flexibility index (Phi) is 24.2. The lowest BCUT2D eigenvalue weighted by Crippen LogP contribution is -2.75. The molecular weight excluding hydrogens is 1290 g/mol. The molecule has 2 nitrogen and oxygen atoms in total. The number of hydrogen-bond donors (Lipinski definition) is 0. The van der Waals surface area contributed by atoms with Gasteiger partial charge in [-0.05, 0) is 42.1 Å². The van der Waals surface area contributed by atoms with E-state index in [0.717, 1.165) is 35.9 Å². The van der Waals surface area contributed by atoms with Crippen LogP contribution >= 0.6 is 0 Å². The maximum Gasteiger partial charge on any atom is 0.416 e. The van der Waals surface area contributed by atoms with Crippen LogP contribution in [0.3, 0.4) is 0 Å². The molecule has 27 heteroatoms. The molecule has 1 aromatic heterocycles. The van der Waals surface area contributed by atoms with Crippen LogP contribution in [0.4, 0.5) is 105 Å². The van der Waals surface area contributed by atoms with E-state index < -0.39 is 195 Å². The standard InChI is InChI=1S/C34H48NO.C32H12BF24/c1-2-3-4-5-6-7-8-9-10-11-12-13-14-15-19-26-33(36)34-32-25-21-20-24-31(32)27-28-35(34)29-30-22-17-16-18-23-30;34-25(35,36)13-1-14(26(37,38)39)6-21(5-13)33(22-7-15(27(40,41)42)2-16(8-22)28(43,44)45,23-9-17(29(46,47)48)3-18(10-23)30(49,50)51)24-11-19(31(52,53)54)4-20(12-24)32(55,56)57/h16-18,20-25,27-28H,2-15,19,26,29H2,1H3;1-12H/q+1;-1. The summed E-state index contributed by atoms with van der Waals surface area (Å²) >= 11 is 0. The van der Waals surface area contributed by atoms with E-state index in [9.17, 15) is 110 Å². The summed E-state index contributed by atoms with van der Waals surface area (Å²) in [6, 6.07) is 12.0. The number of alkyl halides is 24. The molecule has 0 bridgehead atoms. The maximum absolute atomic E-state index is 14.2. The summed E-state index contributed by atoms with van der Waals surface area (Å²) in [5.41, 5.74) is -28.1. The predicted octanol–water partition coefficient (Wildman–Crippen LogP) is 20.8. The van der Waals surface area contributed by atoms with Gasteiger partial charge in [-0.1, -0.05) is 194 Å². The molecule has 0 saturated heterocycles. The first-order chi connectivity index (χ1) is 43.1. The molecule has 0 amide bonds. The summed E-state index contributed by atoms with van der Waals surface area (Å²) in [7, 11) is 0. The number of Topliss-reactive ketones (excluding diaryl/α,β-unsaturated/α-hetero) is 1. The largest absolute Gasteiger partial charge is 0.416 e. The first-order valence-corrected chi connectivity index (χ1v) is 29.4. The van der Waals surface area contributed by atoms with Gasteiger partial charge < -0.3 is 0 Å². The van der Waals surface area contributed by atoms with Crippen molar-refractivity contribution in [2.75, 3.05) is 0 Å². The van der Waals surface area contributed by atoms with E-state index in [0.29, 0.717) is 6.42 Å². The van der Waals surface area contributed by atoms with Gasteiger partial charge in [-0.2, -0.15) is 132 Å². The topological polar surface area (TPSA) is 20.9 Å². The third kappa shape index (κ3) is 20.2. The lowest BCUT2D eigenvalue weighted by molar-refractivity contribution is -0.688. The van der Waals surface area contributed by atoms with Crippen molar-refractivity contribution in [2.24, 2.45) is 0 Å². The summed E-state index contributed by atoms with van der Waals surface area (Å²) in [4.78, 5) is 13.4. The molecule has 0 aliphatic rings. The van der Waals surface area contributed by atoms with Crippen LogP contribution in [0.25, 0.3) is 10.8 Å². The Balaban J connectivity index is 0.000000327. The fourth-order valence-corrected chi connectivity index (χ4v) is 11.3. The molecule has 1 heterocycles. The van der Waals surface area contributed by atoms with Crippen molar-refractivity contribution in [1.29, 1.82) is 0 Å². The number of nitrogens with zero attached hydrogens (tertiary/aromatic N) is 1. The van der Waals surface area contributed by atoms with Crippen LogP contribution in [0.5, 0.6) is 0 Å². The van der Waals surface area contributed by atoms with Gasteiger partial charge in [-0.3, -0.25) is 4.79 Å². The Hall–Kier alpha value is -7.22. The monoisotopic (exact) mass is 1350 g/mol. The normalized spacial score (nSPS) is 13.1. The molecule has 93 heavy (non-hydrogen) atoms. The molecule has 0 atom stereocenters. The molecule has 0 aliphatic carbocycles. The zero-order chi connectivity index (χ0) is 69.2. The average Bonchev–Trinajstić information content (AvgIpc) is 0.710. The van der Waals surface area contributed by atoms with Crippen molar-refractivity contribution in [3.63, 3.8) is 0 Å². The van der Waals surface area contributed by atoms with Crippen LogP contribution in [0.1, 0.15) is 170 Å². The molecular formula is C66H60BF24NO. The number of carbonyl (C=O) groups is 1. The Labute approximate surface area is 518 Å². The fourth-order valence-electron chi connectivity index (χ4n) is 11.3. The molecule has 7 rings (SSSR count). The van der Waals surface area contributed by atoms with Crippen molar-refractivity contribution < 1.29 is 115 Å². The molecule has 0 saturated carbocycles. The Morgan fingerprint density at radius 2 is 0.602 bits per heavy atom. The van der Waals surface area contributed by atoms with E-state index >= 15 is 0 Å². The Morgan fingerprint density at radius 1 is 0.333 bits per heavy atom. The first kappa shape index (κ1) is 74.8. The van der Waals surface area contributed by atoms with E-state index in [4.69, 9.17) is 0 Å². The molecule has 0 radical (unpaired) electrons. The number of pyridine rings is 1. The van der Waals surface area contributed by atoms with Gasteiger partial charge in [-0.25, -0.2) is 0 Å². The highest BCUT2D eigenvalue weighted by atomic mass is 19.4. The summed E-state index contributed by atoms with van der Waals surface area (Å²) in [6.07, 6.45) is -31.9. The minimum Gasteiger partial charge on any atom is -0.287 e. The van der Waals surface area contributed by atoms with Crippen LogP contribution < -0.4 is 26.4 Å². The molecule has 0 spiro atoms. The van der Waals surface area contributed by atoms with Crippen molar-refractivity contribution in [1.82, 2.24) is 0 Å². The third-order valence-corrected chi connectivity index (χ3v) is 15.8. The zero-order valence-corrected chi connectivity index (χ0v) is 49.3. The highest BCUT2D eigenvalue weighted by molar-refractivity contribution is 7.20. The molecule has 6 aromatic carbocycles. The van der Waals surface area contributed by atoms with Gasteiger partial charge >= 0.3 is 49.4 Å². The maximum atomic E-state index is 14.2. The molecule has 0 fully saturated rings. The van der Waals surface area contributed by atoms with Crippen molar-refractivity contribution in [3.05, 3.63) is 195 Å². The highest BCUT2D eigenvalue weighted by Gasteiger charge is 2.47. The van der Waals surface area contributed by atoms with Crippen molar-refractivity contribution in [3.8, 4) is 0 Å². The average molecular weight is 1350 g/mol. The molecule has 506 valence electrons. The third-order valence-electron chi connectivity index (χ3n) is 15.8. The van der Waals surface area contributed by atoms with Gasteiger partial charge in [0.1, 0.15) is 6.15 Å². The van der Waals surface area contributed by atoms with Crippen LogP contribution in [0.15, 0.2) is 140 Å². The SMILES string of the molecule is CCCCCCCCCCCCCCCCCC(=O)c1c2ccccc2cc[n+]1Cc1ccccc1.FC(F)(F)c1cc([B-](c2cc(C(F)(F)F)cc(C(F)(F)F)c2)(c2cc(C(F)(F)F)cc(C(F)(F)F)c2)c2cc(C(F)(F)F)cc(C(F)(F)F)c2)cc(C(F)(F)F)c1. The van der Waals surface area contributed by atoms with Crippen LogP contribution in [-0.4, -0.2) is 11.9 Å². The number of rotatable bonds is 23. The number of benzene rings is 6. The number of unbranched alkanes of at least 4 members (excludes halogenated alkanes) is 14. The van der Waals surface area contributed by atoms with Gasteiger partial charge in [0.05, 0.1) is 49.9 Å². The summed E-state index contributed by atoms with van der Waals surface area (Å²) in [5, 5.41) is 2.21. The number of ketones is 1. The number of carbonyl (C=O) groups excluding carboxylic acids is 1. The minimum atomic E-state index is -6.13. The van der Waals surface area contributed by atoms with Crippen molar-refractivity contribution in [2.45, 2.75) is 166 Å². The van der Waals surface area contributed by atoms with Crippen LogP contribution in [0, 0.1) is 0 Å². The number of fused-ring (bicyclic) bond motifs is 1. The lowest BCUT2D eigenvalue weighted by Gasteiger charge is -2.46. The van der Waals surface area contributed by atoms with Crippen LogP contribution in [-0.2, 0) is 56.0 Å². The van der Waals surface area contributed by atoms with Crippen molar-refractivity contribution >= 4 is 44.6 Å². The van der Waals surface area contributed by atoms with Gasteiger partial charge in [-0.15, -0.1) is 0 Å². The van der Waals surface area contributed by atoms with E-state index in [1.54, 1.807) is 0 Å². The van der Waals surface area contributed by atoms with Crippen LogP contribution in [0.2, 0.25) is 0 Å². The highest BCUT2D eigenvalue weighted by Crippen LogP contribution is 2.42. The molecule has 0 unspecified atom stereocenters. The second-order valence-corrected chi connectivity index (χ2v) is 22.7. The second-order valence-electron chi connectivity index (χ2n) is 22.7. The molecule has 7 aromatic rings. The Morgan fingerprint density at radius 3 is 0.892 bits per heavy atom. The Bertz CT molecular complexity index is 3170. The minimum absolute atomic E-state index is 0.275. The van der Waals surface area contributed by atoms with E-state index in [-0.39, 0.29) is 5.78 Å². The number of halogens is 24. The quantitative estimate of drug-likeness (QED) is 0.0206. The summed E-state index contributed by atoms with van der Waals surface area (Å²) in [6.45, 7) is 3.01. The zero-order valence-electron chi connectivity index (χ0n) is 49.3. The van der Waals surface area contributed by atoms with Gasteiger partial charge in [0.25, 0.3) is 5.69 Å². The first-order valence-electron chi connectivity index (χ1n) is 29.4. The molecule has 0 aliphatic heterocycles. The lowest BCUT2D eigenvalue weighted by atomic mass is 9.12. The smallest absolute Gasteiger partial charge is 0.287 e. The summed E-state index contributed by atoms with van der Waals surface area (Å²) < 4.78 is 343. The van der Waals surface area contributed by atoms with Gasteiger partial charge in [0, 0.05) is 18.1 Å². The number of hydrogen-bond acceptors (Lipinski definition) is 1. The summed E-state index contributed by atoms with van der Waals surface area (Å²) in [5.74, 6) is 0.275. The van der Waals surface area contributed by atoms with E-state index in [1.807, 2.05) is 18.2 Å². The van der Waals surface area contributed by atoms with Gasteiger partial charge in [0.15, 0.2) is 12.7 Å².